The first-order valence-electron chi connectivity index (χ1n) is 10.9. The fourth-order valence-electron chi connectivity index (χ4n) is 4.11. The van der Waals surface area contributed by atoms with Crippen LogP contribution in [0.2, 0.25) is 0 Å². The van der Waals surface area contributed by atoms with Gasteiger partial charge in [0.1, 0.15) is 23.0 Å². The predicted octanol–water partition coefficient (Wildman–Crippen LogP) is 3.09. The zero-order chi connectivity index (χ0) is 21.9. The largest absolute Gasteiger partial charge is 0.351 e. The molecule has 1 amide bonds. The second-order valence-corrected chi connectivity index (χ2v) is 7.86. The van der Waals surface area contributed by atoms with Crippen molar-refractivity contribution in [3.05, 3.63) is 78.0 Å². The van der Waals surface area contributed by atoms with Gasteiger partial charge in [-0.3, -0.25) is 4.79 Å². The summed E-state index contributed by atoms with van der Waals surface area (Å²) in [6.07, 6.45) is 10.3. The number of carbonyl (C=O) groups excluding carboxylic acids is 1. The van der Waals surface area contributed by atoms with Gasteiger partial charge in [0.2, 0.25) is 0 Å². The van der Waals surface area contributed by atoms with Crippen LogP contribution in [-0.2, 0) is 19.4 Å². The van der Waals surface area contributed by atoms with Crippen LogP contribution in [0.4, 0.5) is 4.39 Å². The lowest BCUT2D eigenvalue weighted by atomic mass is 10.2. The number of benzene rings is 1. The molecule has 8 nitrogen and oxygen atoms in total. The number of carbonyl (C=O) groups is 1. The summed E-state index contributed by atoms with van der Waals surface area (Å²) in [4.78, 5) is 13.1. The minimum absolute atomic E-state index is 0.224. The zero-order valence-corrected chi connectivity index (χ0v) is 17.6. The molecule has 0 fully saturated rings. The van der Waals surface area contributed by atoms with Gasteiger partial charge in [-0.2, -0.15) is 5.10 Å². The minimum Gasteiger partial charge on any atom is -0.351 e. The van der Waals surface area contributed by atoms with Crippen LogP contribution in [0.25, 0.3) is 11.5 Å². The van der Waals surface area contributed by atoms with E-state index in [0.29, 0.717) is 30.0 Å². The van der Waals surface area contributed by atoms with Crippen molar-refractivity contribution in [3.8, 4) is 11.5 Å². The lowest BCUT2D eigenvalue weighted by Crippen LogP contribution is -2.27. The van der Waals surface area contributed by atoms with Crippen molar-refractivity contribution in [2.45, 2.75) is 38.6 Å². The molecule has 0 spiro atoms. The van der Waals surface area contributed by atoms with Crippen LogP contribution in [0.15, 0.2) is 55.0 Å². The summed E-state index contributed by atoms with van der Waals surface area (Å²) in [6.45, 7) is 1.39. The third-order valence-electron chi connectivity index (χ3n) is 5.73. The van der Waals surface area contributed by atoms with E-state index in [1.165, 1.54) is 24.8 Å². The number of aryl methyl sites for hydroxylation is 1. The Bertz CT molecular complexity index is 1210. The smallest absolute Gasteiger partial charge is 0.256 e. The van der Waals surface area contributed by atoms with E-state index in [2.05, 4.69) is 25.2 Å². The van der Waals surface area contributed by atoms with E-state index in [-0.39, 0.29) is 11.7 Å². The topological polar surface area (TPSA) is 82.6 Å². The van der Waals surface area contributed by atoms with E-state index in [0.717, 1.165) is 37.5 Å². The molecule has 5 rings (SSSR count). The average molecular weight is 433 g/mol. The Kier molecular flexibility index (Phi) is 5.53. The highest BCUT2D eigenvalue weighted by Gasteiger charge is 2.20. The standard InChI is InChI=1S/C23H24FN7O/c24-17-7-9-18(10-8-17)31-23(29-13-4-5-14-29)19(16-26-31)22(32)25-12-11-21-28-27-20-6-2-1-3-15-30(20)21/h4-5,7-10,13-14,16H,1-3,6,11-12,15H2,(H,25,32). The van der Waals surface area contributed by atoms with Gasteiger partial charge in [-0.15, -0.1) is 10.2 Å². The normalized spacial score (nSPS) is 13.5. The molecule has 3 aromatic heterocycles. The minimum atomic E-state index is -0.326. The van der Waals surface area contributed by atoms with Gasteiger partial charge >= 0.3 is 0 Å². The van der Waals surface area contributed by atoms with Gasteiger partial charge in [0.15, 0.2) is 5.82 Å². The van der Waals surface area contributed by atoms with E-state index < -0.39 is 0 Å². The van der Waals surface area contributed by atoms with Gasteiger partial charge in [0, 0.05) is 38.3 Å². The molecule has 1 aliphatic heterocycles. The number of nitrogens with zero attached hydrogens (tertiary/aromatic N) is 6. The Morgan fingerprint density at radius 2 is 1.88 bits per heavy atom. The average Bonchev–Trinajstić information content (AvgIpc) is 3.52. The fraction of sp³-hybridized carbons (Fsp3) is 0.304. The van der Waals surface area contributed by atoms with Gasteiger partial charge in [-0.05, 0) is 49.2 Å². The van der Waals surface area contributed by atoms with E-state index in [4.69, 9.17) is 0 Å². The Labute approximate surface area is 184 Å². The van der Waals surface area contributed by atoms with Crippen LogP contribution >= 0.6 is 0 Å². The summed E-state index contributed by atoms with van der Waals surface area (Å²) in [5, 5.41) is 16.0. The molecule has 1 aromatic carbocycles. The molecule has 1 N–H and O–H groups in total. The molecule has 164 valence electrons. The molecule has 0 atom stereocenters. The maximum Gasteiger partial charge on any atom is 0.256 e. The molecular formula is C23H24FN7O. The van der Waals surface area contributed by atoms with Crippen LogP contribution in [0.1, 0.15) is 41.3 Å². The molecule has 4 heterocycles. The quantitative estimate of drug-likeness (QED) is 0.507. The van der Waals surface area contributed by atoms with Gasteiger partial charge in [-0.1, -0.05) is 6.42 Å². The molecule has 9 heteroatoms. The summed E-state index contributed by atoms with van der Waals surface area (Å²) in [7, 11) is 0. The monoisotopic (exact) mass is 433 g/mol. The van der Waals surface area contributed by atoms with Crippen LogP contribution < -0.4 is 5.32 Å². The molecule has 0 bridgehead atoms. The molecule has 32 heavy (non-hydrogen) atoms. The highest BCUT2D eigenvalue weighted by Crippen LogP contribution is 2.20. The van der Waals surface area contributed by atoms with E-state index >= 15 is 0 Å². The molecule has 0 radical (unpaired) electrons. The van der Waals surface area contributed by atoms with Gasteiger partial charge in [-0.25, -0.2) is 9.07 Å². The second kappa shape index (κ2) is 8.78. The van der Waals surface area contributed by atoms with Crippen molar-refractivity contribution in [1.82, 2.24) is 34.4 Å². The van der Waals surface area contributed by atoms with Crippen LogP contribution in [0.5, 0.6) is 0 Å². The van der Waals surface area contributed by atoms with E-state index in [1.54, 1.807) is 16.8 Å². The maximum absolute atomic E-state index is 13.4. The van der Waals surface area contributed by atoms with Crippen molar-refractivity contribution >= 4 is 5.91 Å². The first-order chi connectivity index (χ1) is 15.7. The van der Waals surface area contributed by atoms with Crippen molar-refractivity contribution in [2.24, 2.45) is 0 Å². The maximum atomic E-state index is 13.4. The van der Waals surface area contributed by atoms with Crippen molar-refractivity contribution in [1.29, 1.82) is 0 Å². The lowest BCUT2D eigenvalue weighted by Gasteiger charge is -2.11. The Balaban J connectivity index is 1.35. The number of hydrogen-bond acceptors (Lipinski definition) is 4. The SMILES string of the molecule is O=C(NCCc1nnc2n1CCCCC2)c1cnn(-c2ccc(F)cc2)c1-n1cccc1. The van der Waals surface area contributed by atoms with E-state index in [9.17, 15) is 9.18 Å². The summed E-state index contributed by atoms with van der Waals surface area (Å²) < 4.78 is 19.0. The molecular weight excluding hydrogens is 409 g/mol. The molecule has 0 saturated carbocycles. The Hall–Kier alpha value is -3.75. The van der Waals surface area contributed by atoms with Crippen LogP contribution in [-0.4, -0.2) is 41.6 Å². The van der Waals surface area contributed by atoms with E-state index in [1.807, 2.05) is 29.1 Å². The number of fused-ring (bicyclic) bond motifs is 1. The lowest BCUT2D eigenvalue weighted by molar-refractivity contribution is 0.0954. The number of halogens is 1. The highest BCUT2D eigenvalue weighted by atomic mass is 19.1. The number of amides is 1. The first-order valence-corrected chi connectivity index (χ1v) is 10.9. The summed E-state index contributed by atoms with van der Waals surface area (Å²) in [5.74, 6) is 2.00. The highest BCUT2D eigenvalue weighted by molar-refractivity contribution is 5.97. The summed E-state index contributed by atoms with van der Waals surface area (Å²) in [6, 6.07) is 9.76. The molecule has 0 saturated heterocycles. The summed E-state index contributed by atoms with van der Waals surface area (Å²) in [5.41, 5.74) is 1.10. The molecule has 4 aromatic rings. The first kappa shape index (κ1) is 20.2. The third-order valence-corrected chi connectivity index (χ3v) is 5.73. The van der Waals surface area contributed by atoms with Crippen molar-refractivity contribution in [2.75, 3.05) is 6.54 Å². The molecule has 0 unspecified atom stereocenters. The van der Waals surface area contributed by atoms with Gasteiger partial charge < -0.3 is 14.5 Å². The summed E-state index contributed by atoms with van der Waals surface area (Å²) >= 11 is 0. The van der Waals surface area contributed by atoms with Crippen LogP contribution in [0, 0.1) is 5.82 Å². The van der Waals surface area contributed by atoms with Gasteiger partial charge in [0.25, 0.3) is 5.91 Å². The number of rotatable bonds is 6. The second-order valence-electron chi connectivity index (χ2n) is 7.86. The number of hydrogen-bond donors (Lipinski definition) is 1. The van der Waals surface area contributed by atoms with Crippen molar-refractivity contribution < 1.29 is 9.18 Å². The number of aromatic nitrogens is 6. The van der Waals surface area contributed by atoms with Crippen LogP contribution in [0.3, 0.4) is 0 Å². The fourth-order valence-corrected chi connectivity index (χ4v) is 4.11. The Morgan fingerprint density at radius 1 is 1.06 bits per heavy atom. The molecule has 0 aliphatic carbocycles. The number of nitrogens with one attached hydrogen (secondary N) is 1. The third kappa shape index (κ3) is 3.93. The predicted molar refractivity (Wildman–Crippen MR) is 116 cm³/mol. The van der Waals surface area contributed by atoms with Crippen molar-refractivity contribution in [3.63, 3.8) is 0 Å². The molecule has 1 aliphatic rings. The van der Waals surface area contributed by atoms with Gasteiger partial charge in [0.05, 0.1) is 11.9 Å². The Morgan fingerprint density at radius 3 is 2.69 bits per heavy atom. The zero-order valence-electron chi connectivity index (χ0n) is 17.6.